The van der Waals surface area contributed by atoms with Gasteiger partial charge in [0.05, 0.1) is 16.2 Å². The fraction of sp³-hybridized carbons (Fsp3) is 0.385. The summed E-state index contributed by atoms with van der Waals surface area (Å²) in [7, 11) is 0. The minimum Gasteiger partial charge on any atom is -0.507 e. The predicted octanol–water partition coefficient (Wildman–Crippen LogP) is 6.36. The molecule has 2 N–H and O–H groups in total. The molecule has 1 saturated carbocycles. The molecule has 10 heteroatoms. The van der Waals surface area contributed by atoms with Gasteiger partial charge in [-0.3, -0.25) is 9.59 Å². The summed E-state index contributed by atoms with van der Waals surface area (Å²) in [6.45, 7) is 4.49. The number of Topliss-reactive ketones (excluding diaryl/α,β-unsaturated/α-hetero) is 1. The zero-order valence-corrected chi connectivity index (χ0v) is 21.2. The van der Waals surface area contributed by atoms with E-state index in [2.05, 4.69) is 16.8 Å². The molecule has 0 spiro atoms. The number of nitrogens with one attached hydrogen (secondary N) is 1. The Bertz CT molecular complexity index is 1340. The lowest BCUT2D eigenvalue weighted by molar-refractivity contribution is -0.137. The van der Waals surface area contributed by atoms with Crippen LogP contribution in [0.2, 0.25) is 5.02 Å². The van der Waals surface area contributed by atoms with Gasteiger partial charge in [-0.25, -0.2) is 0 Å². The number of fused-ring (bicyclic) bond motifs is 1. The number of phenols is 1. The van der Waals surface area contributed by atoms with Gasteiger partial charge >= 0.3 is 6.18 Å². The maximum atomic E-state index is 13.5. The highest BCUT2D eigenvalue weighted by Gasteiger charge is 2.31. The van der Waals surface area contributed by atoms with E-state index >= 15 is 0 Å². The summed E-state index contributed by atoms with van der Waals surface area (Å²) in [4.78, 5) is 30.6. The van der Waals surface area contributed by atoms with Crippen molar-refractivity contribution >= 4 is 40.0 Å². The van der Waals surface area contributed by atoms with Crippen LogP contribution in [0.5, 0.6) is 5.75 Å². The molecule has 0 unspecified atom stereocenters. The fourth-order valence-electron chi connectivity index (χ4n) is 4.12. The third kappa shape index (κ3) is 6.25. The Hall–Kier alpha value is -2.49. The topological polar surface area (TPSA) is 73.4 Å². The van der Waals surface area contributed by atoms with Crippen LogP contribution in [0.1, 0.15) is 31.7 Å². The zero-order chi connectivity index (χ0) is 26.0. The van der Waals surface area contributed by atoms with Crippen molar-refractivity contribution in [1.29, 1.82) is 0 Å². The van der Waals surface area contributed by atoms with E-state index in [1.165, 1.54) is 37.1 Å². The third-order valence-corrected chi connectivity index (χ3v) is 7.65. The SMILES string of the molecule is CCN(CCC(=O)CSc1c(-c2cc(Cl)ccc2O)c2cc(C(F)(F)F)ccc2[nH]c1=O)CC1CC1. The van der Waals surface area contributed by atoms with Gasteiger partial charge in [-0.15, -0.1) is 11.8 Å². The second-order valence-electron chi connectivity index (χ2n) is 8.99. The molecule has 1 aromatic heterocycles. The largest absolute Gasteiger partial charge is 0.507 e. The van der Waals surface area contributed by atoms with Crippen molar-refractivity contribution in [3.8, 4) is 16.9 Å². The monoisotopic (exact) mass is 538 g/mol. The van der Waals surface area contributed by atoms with Gasteiger partial charge in [0.2, 0.25) is 0 Å². The van der Waals surface area contributed by atoms with Crippen LogP contribution in [0, 0.1) is 5.92 Å². The normalized spacial score (nSPS) is 14.1. The van der Waals surface area contributed by atoms with E-state index in [0.717, 1.165) is 37.0 Å². The lowest BCUT2D eigenvalue weighted by atomic mass is 9.98. The van der Waals surface area contributed by atoms with E-state index in [4.69, 9.17) is 11.6 Å². The number of thioether (sulfide) groups is 1. The molecule has 0 saturated heterocycles. The summed E-state index contributed by atoms with van der Waals surface area (Å²) in [6, 6.07) is 7.16. The van der Waals surface area contributed by atoms with Crippen molar-refractivity contribution in [1.82, 2.24) is 9.88 Å². The second kappa shape index (κ2) is 10.9. The summed E-state index contributed by atoms with van der Waals surface area (Å²) in [5.41, 5.74) is -1.04. The first-order valence-corrected chi connectivity index (χ1v) is 13.1. The van der Waals surface area contributed by atoms with Crippen molar-refractivity contribution < 1.29 is 23.1 Å². The molecule has 1 aliphatic carbocycles. The van der Waals surface area contributed by atoms with Crippen LogP contribution in [0.4, 0.5) is 13.2 Å². The van der Waals surface area contributed by atoms with Crippen LogP contribution in [-0.4, -0.2) is 46.2 Å². The first-order valence-electron chi connectivity index (χ1n) is 11.7. The average molecular weight is 539 g/mol. The smallest absolute Gasteiger partial charge is 0.416 e. The van der Waals surface area contributed by atoms with Crippen molar-refractivity contribution in [3.05, 3.63) is 57.3 Å². The fourth-order valence-corrected chi connectivity index (χ4v) is 5.28. The summed E-state index contributed by atoms with van der Waals surface area (Å²) >= 11 is 7.08. The Kier molecular flexibility index (Phi) is 8.02. The third-order valence-electron chi connectivity index (χ3n) is 6.27. The van der Waals surface area contributed by atoms with E-state index in [0.29, 0.717) is 18.9 Å². The number of pyridine rings is 1. The molecular formula is C26H26ClF3N2O3S. The number of H-pyrrole nitrogens is 1. The molecule has 3 aromatic rings. The highest BCUT2D eigenvalue weighted by molar-refractivity contribution is 8.00. The maximum Gasteiger partial charge on any atom is 0.416 e. The van der Waals surface area contributed by atoms with E-state index in [1.807, 2.05) is 0 Å². The molecule has 1 fully saturated rings. The number of benzene rings is 2. The van der Waals surface area contributed by atoms with Crippen molar-refractivity contribution in [2.24, 2.45) is 5.92 Å². The van der Waals surface area contributed by atoms with Crippen LogP contribution in [-0.2, 0) is 11.0 Å². The van der Waals surface area contributed by atoms with Gasteiger partial charge < -0.3 is 15.0 Å². The summed E-state index contributed by atoms with van der Waals surface area (Å²) in [5, 5.41) is 10.9. The second-order valence-corrected chi connectivity index (χ2v) is 10.4. The Morgan fingerprint density at radius 1 is 1.22 bits per heavy atom. The van der Waals surface area contributed by atoms with Crippen LogP contribution in [0.3, 0.4) is 0 Å². The zero-order valence-electron chi connectivity index (χ0n) is 19.6. The number of carbonyl (C=O) groups excluding carboxylic acids is 1. The standard InChI is InChI=1S/C26H26ClF3N2O3S/c1-2-32(13-15-3-4-15)10-9-18(33)14-36-24-23(20-12-17(27)6-8-22(20)34)19-11-16(26(28,29)30)5-7-21(19)31-25(24)35/h5-8,11-12,15,34H,2-4,9-10,13-14H2,1H3,(H,31,35). The van der Waals surface area contributed by atoms with Gasteiger partial charge in [0.1, 0.15) is 11.5 Å². The first-order chi connectivity index (χ1) is 17.1. The lowest BCUT2D eigenvalue weighted by Gasteiger charge is -2.19. The Morgan fingerprint density at radius 3 is 2.64 bits per heavy atom. The quantitative estimate of drug-likeness (QED) is 0.294. The molecule has 36 heavy (non-hydrogen) atoms. The molecule has 0 amide bonds. The van der Waals surface area contributed by atoms with Crippen molar-refractivity contribution in [2.45, 2.75) is 37.3 Å². The molecule has 0 radical (unpaired) electrons. The highest BCUT2D eigenvalue weighted by Crippen LogP contribution is 2.42. The Morgan fingerprint density at radius 2 is 1.97 bits per heavy atom. The molecule has 0 bridgehead atoms. The molecule has 2 aromatic carbocycles. The van der Waals surface area contributed by atoms with Gasteiger partial charge in [-0.05, 0) is 61.7 Å². The minimum atomic E-state index is -4.60. The highest BCUT2D eigenvalue weighted by atomic mass is 35.5. The number of hydrogen-bond acceptors (Lipinski definition) is 5. The number of nitrogens with zero attached hydrogens (tertiary/aromatic N) is 1. The molecular weight excluding hydrogens is 513 g/mol. The number of rotatable bonds is 10. The maximum absolute atomic E-state index is 13.5. The number of phenolic OH excluding ortho intramolecular Hbond substituents is 1. The number of aromatic nitrogens is 1. The van der Waals surface area contributed by atoms with Crippen LogP contribution in [0.25, 0.3) is 22.0 Å². The molecule has 1 aliphatic rings. The number of halogens is 4. The predicted molar refractivity (Wildman–Crippen MR) is 137 cm³/mol. The lowest BCUT2D eigenvalue weighted by Crippen LogP contribution is -2.28. The average Bonchev–Trinajstić information content (AvgIpc) is 3.65. The summed E-state index contributed by atoms with van der Waals surface area (Å²) in [6.07, 6.45) is -1.84. The van der Waals surface area contributed by atoms with Gasteiger partial charge in [-0.1, -0.05) is 18.5 Å². The molecule has 0 atom stereocenters. The number of aromatic amines is 1. The number of ketones is 1. The molecule has 1 heterocycles. The number of aromatic hydroxyl groups is 1. The molecule has 192 valence electrons. The summed E-state index contributed by atoms with van der Waals surface area (Å²) < 4.78 is 40.5. The van der Waals surface area contributed by atoms with Gasteiger partial charge in [-0.2, -0.15) is 13.2 Å². The van der Waals surface area contributed by atoms with Gasteiger partial charge in [0.15, 0.2) is 0 Å². The van der Waals surface area contributed by atoms with Crippen LogP contribution < -0.4 is 5.56 Å². The van der Waals surface area contributed by atoms with Crippen LogP contribution in [0.15, 0.2) is 46.1 Å². The molecule has 4 rings (SSSR count). The summed E-state index contributed by atoms with van der Waals surface area (Å²) in [5.74, 6) is 0.373. The van der Waals surface area contributed by atoms with Crippen molar-refractivity contribution in [3.63, 3.8) is 0 Å². The van der Waals surface area contributed by atoms with E-state index < -0.39 is 17.3 Å². The van der Waals surface area contributed by atoms with E-state index in [9.17, 15) is 27.9 Å². The van der Waals surface area contributed by atoms with E-state index in [-0.39, 0.29) is 49.2 Å². The Labute approximate surface area is 215 Å². The minimum absolute atomic E-state index is 0.0249. The van der Waals surface area contributed by atoms with Gasteiger partial charge in [0.25, 0.3) is 5.56 Å². The van der Waals surface area contributed by atoms with Crippen molar-refractivity contribution in [2.75, 3.05) is 25.4 Å². The molecule has 5 nitrogen and oxygen atoms in total. The molecule has 0 aliphatic heterocycles. The van der Waals surface area contributed by atoms with Crippen LogP contribution >= 0.6 is 23.4 Å². The number of carbonyl (C=O) groups is 1. The first kappa shape index (κ1) is 26.6. The van der Waals surface area contributed by atoms with Gasteiger partial charge in [0, 0.05) is 46.6 Å². The number of hydrogen-bond donors (Lipinski definition) is 2. The number of alkyl halides is 3. The van der Waals surface area contributed by atoms with E-state index in [1.54, 1.807) is 0 Å². The Balaban J connectivity index is 1.69.